The fourth-order valence-electron chi connectivity index (χ4n) is 4.27. The van der Waals surface area contributed by atoms with Gasteiger partial charge in [-0.15, -0.1) is 0 Å². The lowest BCUT2D eigenvalue weighted by Gasteiger charge is -2.41. The molecule has 1 unspecified atom stereocenters. The number of nitrogens with zero attached hydrogens (tertiary/aromatic N) is 1. The Bertz CT molecular complexity index is 442. The van der Waals surface area contributed by atoms with Crippen LogP contribution in [-0.2, 0) is 9.59 Å². The molecule has 5 heteroatoms. The number of carboxylic acids is 1. The maximum atomic E-state index is 12.4. The summed E-state index contributed by atoms with van der Waals surface area (Å²) in [6.07, 6.45) is 17.6. The van der Waals surface area contributed by atoms with Crippen LogP contribution < -0.4 is 5.73 Å². The van der Waals surface area contributed by atoms with Gasteiger partial charge in [0, 0.05) is 6.42 Å². The maximum Gasteiger partial charge on any atom is 0.324 e. The lowest BCUT2D eigenvalue weighted by molar-refractivity contribution is -0.153. The van der Waals surface area contributed by atoms with Crippen molar-refractivity contribution in [3.63, 3.8) is 0 Å². The molecule has 0 saturated carbocycles. The molecule has 3 N–H and O–H groups in total. The second-order valence-corrected chi connectivity index (χ2v) is 8.93. The van der Waals surface area contributed by atoms with Gasteiger partial charge in [-0.1, -0.05) is 97.8 Å². The molecule has 0 fully saturated rings. The number of carboxylic acid groups (broad SMARTS) is 1. The summed E-state index contributed by atoms with van der Waals surface area (Å²) in [6.45, 7) is 8.04. The van der Waals surface area contributed by atoms with E-state index >= 15 is 0 Å². The van der Waals surface area contributed by atoms with Crippen LogP contribution in [0.15, 0.2) is 0 Å². The van der Waals surface area contributed by atoms with E-state index in [2.05, 4.69) is 25.7 Å². The van der Waals surface area contributed by atoms with Crippen molar-refractivity contribution in [2.45, 2.75) is 135 Å². The molecule has 0 heterocycles. The van der Waals surface area contributed by atoms with Crippen molar-refractivity contribution in [3.05, 3.63) is 0 Å². The van der Waals surface area contributed by atoms with Crippen LogP contribution in [0.3, 0.4) is 0 Å². The van der Waals surface area contributed by atoms with Gasteiger partial charge in [0.2, 0.25) is 5.91 Å². The second-order valence-electron chi connectivity index (χ2n) is 8.93. The molecule has 0 spiro atoms. The molecular weight excluding hydrogens is 376 g/mol. The van der Waals surface area contributed by atoms with Gasteiger partial charge in [0.05, 0.1) is 0 Å². The summed E-state index contributed by atoms with van der Waals surface area (Å²) in [5.41, 5.74) is 4.43. The predicted molar refractivity (Wildman–Crippen MR) is 127 cm³/mol. The van der Waals surface area contributed by atoms with Gasteiger partial charge in [0.1, 0.15) is 5.54 Å². The van der Waals surface area contributed by atoms with Crippen molar-refractivity contribution in [3.8, 4) is 0 Å². The van der Waals surface area contributed by atoms with Gasteiger partial charge in [0.15, 0.2) is 0 Å². The molecule has 0 radical (unpaired) electrons. The van der Waals surface area contributed by atoms with Crippen molar-refractivity contribution < 1.29 is 14.7 Å². The fraction of sp³-hybridized carbons (Fsp3) is 0.920. The molecule has 0 bridgehead atoms. The van der Waals surface area contributed by atoms with E-state index in [1.807, 2.05) is 0 Å². The highest BCUT2D eigenvalue weighted by Crippen LogP contribution is 2.30. The van der Waals surface area contributed by atoms with E-state index in [1.54, 1.807) is 0 Å². The Kier molecular flexibility index (Phi) is 18.0. The number of primary amides is 1. The zero-order valence-corrected chi connectivity index (χ0v) is 20.2. The van der Waals surface area contributed by atoms with Gasteiger partial charge in [-0.05, 0) is 38.8 Å². The number of carbonyl (C=O) groups is 2. The predicted octanol–water partition coefficient (Wildman–Crippen LogP) is 6.29. The number of nitrogens with two attached hydrogens (primary N) is 1. The van der Waals surface area contributed by atoms with E-state index in [-0.39, 0.29) is 6.42 Å². The third kappa shape index (κ3) is 12.6. The summed E-state index contributed by atoms with van der Waals surface area (Å²) >= 11 is 0. The molecule has 0 aliphatic carbocycles. The van der Waals surface area contributed by atoms with Crippen LogP contribution in [0.5, 0.6) is 0 Å². The minimum Gasteiger partial charge on any atom is -0.480 e. The van der Waals surface area contributed by atoms with E-state index in [0.717, 1.165) is 51.6 Å². The topological polar surface area (TPSA) is 83.6 Å². The van der Waals surface area contributed by atoms with Crippen LogP contribution in [0, 0.1) is 0 Å². The number of hydrogen-bond acceptors (Lipinski definition) is 3. The van der Waals surface area contributed by atoms with Crippen molar-refractivity contribution in [2.75, 3.05) is 13.1 Å². The largest absolute Gasteiger partial charge is 0.480 e. The monoisotopic (exact) mass is 426 g/mol. The first-order valence-corrected chi connectivity index (χ1v) is 12.7. The normalized spacial score (nSPS) is 13.5. The number of rotatable bonds is 22. The average molecular weight is 427 g/mol. The van der Waals surface area contributed by atoms with E-state index in [9.17, 15) is 14.7 Å². The third-order valence-electron chi connectivity index (χ3n) is 6.30. The van der Waals surface area contributed by atoms with E-state index in [1.165, 1.54) is 51.4 Å². The zero-order valence-electron chi connectivity index (χ0n) is 20.2. The number of carbonyl (C=O) groups excluding carboxylic acids is 1. The Hall–Kier alpha value is -1.10. The minimum absolute atomic E-state index is 0.136. The van der Waals surface area contributed by atoms with Gasteiger partial charge in [0.25, 0.3) is 0 Å². The van der Waals surface area contributed by atoms with Gasteiger partial charge < -0.3 is 10.8 Å². The number of amides is 1. The lowest BCUT2D eigenvalue weighted by Crippen LogP contribution is -2.55. The maximum absolute atomic E-state index is 12.4. The van der Waals surface area contributed by atoms with E-state index in [4.69, 9.17) is 5.73 Å². The van der Waals surface area contributed by atoms with Crippen molar-refractivity contribution in [2.24, 2.45) is 5.73 Å². The molecule has 0 rings (SSSR count). The summed E-state index contributed by atoms with van der Waals surface area (Å²) in [5, 5.41) is 10.2. The standard InChI is InChI=1S/C25H50N2O3/c1-4-7-10-11-12-13-14-15-16-17-22-27(21-9-6-3)25(24(29)30,19-8-5-2)20-18-23(26)28/h4-22H2,1-3H3,(H2,26,28)(H,29,30). The van der Waals surface area contributed by atoms with Crippen LogP contribution in [0.2, 0.25) is 0 Å². The molecule has 1 atom stereocenters. The molecule has 0 saturated heterocycles. The second kappa shape index (κ2) is 18.7. The van der Waals surface area contributed by atoms with Gasteiger partial charge in [-0.2, -0.15) is 0 Å². The van der Waals surface area contributed by atoms with Gasteiger partial charge in [-0.3, -0.25) is 14.5 Å². The average Bonchev–Trinajstić information content (AvgIpc) is 2.72. The number of hydrogen-bond donors (Lipinski definition) is 2. The first-order chi connectivity index (χ1) is 14.4. The van der Waals surface area contributed by atoms with Gasteiger partial charge in [-0.25, -0.2) is 0 Å². The summed E-state index contributed by atoms with van der Waals surface area (Å²) in [6, 6.07) is 0. The molecule has 5 nitrogen and oxygen atoms in total. The molecule has 30 heavy (non-hydrogen) atoms. The molecule has 0 aromatic carbocycles. The Morgan fingerprint density at radius 2 is 1.17 bits per heavy atom. The summed E-state index contributed by atoms with van der Waals surface area (Å²) in [7, 11) is 0. The summed E-state index contributed by atoms with van der Waals surface area (Å²) in [5.74, 6) is -1.20. The molecule has 0 aliphatic heterocycles. The first-order valence-electron chi connectivity index (χ1n) is 12.7. The highest BCUT2D eigenvalue weighted by Gasteiger charge is 2.43. The van der Waals surface area contributed by atoms with E-state index < -0.39 is 17.4 Å². The quantitative estimate of drug-likeness (QED) is 0.199. The Balaban J connectivity index is 4.74. The van der Waals surface area contributed by atoms with Crippen LogP contribution in [0.4, 0.5) is 0 Å². The SMILES string of the molecule is CCCCCCCCCCCCN(CCCC)C(CCCC)(CCC(N)=O)C(=O)O. The Labute approximate surface area is 186 Å². The lowest BCUT2D eigenvalue weighted by atomic mass is 9.85. The van der Waals surface area contributed by atoms with Crippen LogP contribution >= 0.6 is 0 Å². The fourth-order valence-corrected chi connectivity index (χ4v) is 4.27. The van der Waals surface area contributed by atoms with Crippen molar-refractivity contribution in [1.82, 2.24) is 4.90 Å². The third-order valence-corrected chi connectivity index (χ3v) is 6.30. The Morgan fingerprint density at radius 3 is 1.63 bits per heavy atom. The Morgan fingerprint density at radius 1 is 0.700 bits per heavy atom. The summed E-state index contributed by atoms with van der Waals surface area (Å²) in [4.78, 5) is 26.0. The van der Waals surface area contributed by atoms with Crippen LogP contribution in [0.25, 0.3) is 0 Å². The number of aliphatic carboxylic acids is 1. The van der Waals surface area contributed by atoms with Crippen LogP contribution in [-0.4, -0.2) is 40.5 Å². The number of unbranched alkanes of at least 4 members (excludes halogenated alkanes) is 11. The van der Waals surface area contributed by atoms with E-state index in [0.29, 0.717) is 12.8 Å². The van der Waals surface area contributed by atoms with Gasteiger partial charge >= 0.3 is 5.97 Å². The smallest absolute Gasteiger partial charge is 0.324 e. The first kappa shape index (κ1) is 28.9. The van der Waals surface area contributed by atoms with Crippen molar-refractivity contribution >= 4 is 11.9 Å². The molecule has 0 aromatic rings. The van der Waals surface area contributed by atoms with Crippen molar-refractivity contribution in [1.29, 1.82) is 0 Å². The molecule has 1 amide bonds. The highest BCUT2D eigenvalue weighted by atomic mass is 16.4. The minimum atomic E-state index is -0.959. The summed E-state index contributed by atoms with van der Waals surface area (Å²) < 4.78 is 0. The molecule has 178 valence electrons. The molecule has 0 aliphatic rings. The molecule has 0 aromatic heterocycles. The highest BCUT2D eigenvalue weighted by molar-refractivity contribution is 5.81. The molecular formula is C25H50N2O3. The van der Waals surface area contributed by atoms with Crippen LogP contribution in [0.1, 0.15) is 130 Å². The zero-order chi connectivity index (χ0) is 22.7.